The summed E-state index contributed by atoms with van der Waals surface area (Å²) >= 11 is 0. The standard InChI is InChI=1S/C14H23N3O3/c1-3-9-19-10-5-7-16-13-12(15)11(6-8-17-13)14(18)20-4-2/h6,8H,3-5,7,9-10,15H2,1-2H3,(H,16,17). The van der Waals surface area contributed by atoms with E-state index < -0.39 is 5.97 Å². The maximum absolute atomic E-state index is 11.7. The van der Waals surface area contributed by atoms with E-state index in [2.05, 4.69) is 17.2 Å². The summed E-state index contributed by atoms with van der Waals surface area (Å²) in [5.74, 6) is 0.0766. The van der Waals surface area contributed by atoms with Gasteiger partial charge in [0.2, 0.25) is 0 Å². The van der Waals surface area contributed by atoms with Crippen molar-refractivity contribution in [3.63, 3.8) is 0 Å². The number of carbonyl (C=O) groups is 1. The Morgan fingerprint density at radius 3 is 2.90 bits per heavy atom. The first-order valence-electron chi connectivity index (χ1n) is 6.93. The second-order valence-corrected chi connectivity index (χ2v) is 4.23. The number of aromatic nitrogens is 1. The molecule has 0 aliphatic heterocycles. The lowest BCUT2D eigenvalue weighted by Crippen LogP contribution is -2.13. The molecule has 0 amide bonds. The maximum Gasteiger partial charge on any atom is 0.340 e. The van der Waals surface area contributed by atoms with Crippen LogP contribution in [0.5, 0.6) is 0 Å². The minimum absolute atomic E-state index is 0.318. The fourth-order valence-corrected chi connectivity index (χ4v) is 1.63. The highest BCUT2D eigenvalue weighted by Gasteiger charge is 2.14. The van der Waals surface area contributed by atoms with E-state index in [1.807, 2.05) is 0 Å². The number of hydrogen-bond acceptors (Lipinski definition) is 6. The Hall–Kier alpha value is -1.82. The van der Waals surface area contributed by atoms with E-state index in [1.54, 1.807) is 19.2 Å². The van der Waals surface area contributed by atoms with Gasteiger partial charge in [-0.1, -0.05) is 6.92 Å². The van der Waals surface area contributed by atoms with Crippen LogP contribution in [0.4, 0.5) is 11.5 Å². The largest absolute Gasteiger partial charge is 0.462 e. The van der Waals surface area contributed by atoms with Gasteiger partial charge in [-0.2, -0.15) is 0 Å². The molecular weight excluding hydrogens is 258 g/mol. The van der Waals surface area contributed by atoms with Gasteiger partial charge in [0.25, 0.3) is 0 Å². The van der Waals surface area contributed by atoms with Gasteiger partial charge >= 0.3 is 5.97 Å². The van der Waals surface area contributed by atoms with Gasteiger partial charge in [0.1, 0.15) is 5.82 Å². The van der Waals surface area contributed by atoms with E-state index >= 15 is 0 Å². The third kappa shape index (κ3) is 5.05. The number of esters is 1. The van der Waals surface area contributed by atoms with Crippen molar-refractivity contribution in [2.45, 2.75) is 26.7 Å². The van der Waals surface area contributed by atoms with Gasteiger partial charge in [0, 0.05) is 26.0 Å². The monoisotopic (exact) mass is 281 g/mol. The molecule has 0 aliphatic rings. The van der Waals surface area contributed by atoms with E-state index in [4.69, 9.17) is 15.2 Å². The highest BCUT2D eigenvalue weighted by atomic mass is 16.5. The second-order valence-electron chi connectivity index (χ2n) is 4.23. The lowest BCUT2D eigenvalue weighted by Gasteiger charge is -2.11. The van der Waals surface area contributed by atoms with Crippen LogP contribution in [0, 0.1) is 0 Å². The molecule has 0 aliphatic carbocycles. The second kappa shape index (κ2) is 9.14. The van der Waals surface area contributed by atoms with Crippen LogP contribution in [0.25, 0.3) is 0 Å². The quantitative estimate of drug-likeness (QED) is 0.532. The molecule has 0 aromatic carbocycles. The average Bonchev–Trinajstić information content (AvgIpc) is 2.44. The SMILES string of the molecule is CCCOCCCNc1nccc(C(=O)OCC)c1N. The molecule has 0 atom stereocenters. The third-order valence-corrected chi connectivity index (χ3v) is 2.59. The van der Waals surface area contributed by atoms with E-state index in [1.165, 1.54) is 0 Å². The Kier molecular flexibility index (Phi) is 7.42. The Morgan fingerprint density at radius 1 is 1.40 bits per heavy atom. The first-order chi connectivity index (χ1) is 9.70. The van der Waals surface area contributed by atoms with Crippen LogP contribution in [0.15, 0.2) is 12.3 Å². The molecule has 1 rings (SSSR count). The molecule has 6 heteroatoms. The smallest absolute Gasteiger partial charge is 0.340 e. The predicted octanol–water partition coefficient (Wildman–Crippen LogP) is 2.07. The van der Waals surface area contributed by atoms with Crippen molar-refractivity contribution in [3.8, 4) is 0 Å². The van der Waals surface area contributed by atoms with Crippen molar-refractivity contribution >= 4 is 17.5 Å². The lowest BCUT2D eigenvalue weighted by molar-refractivity contribution is 0.0527. The Balaban J connectivity index is 2.50. The Morgan fingerprint density at radius 2 is 2.20 bits per heavy atom. The van der Waals surface area contributed by atoms with Crippen molar-refractivity contribution in [3.05, 3.63) is 17.8 Å². The molecule has 20 heavy (non-hydrogen) atoms. The molecule has 6 nitrogen and oxygen atoms in total. The maximum atomic E-state index is 11.7. The van der Waals surface area contributed by atoms with Gasteiger partial charge in [-0.05, 0) is 25.8 Å². The van der Waals surface area contributed by atoms with Gasteiger partial charge in [0.15, 0.2) is 0 Å². The predicted molar refractivity (Wildman–Crippen MR) is 78.8 cm³/mol. The van der Waals surface area contributed by atoms with E-state index in [-0.39, 0.29) is 0 Å². The Bertz CT molecular complexity index is 424. The molecule has 0 saturated heterocycles. The van der Waals surface area contributed by atoms with Crippen molar-refractivity contribution in [2.24, 2.45) is 0 Å². The van der Waals surface area contributed by atoms with Gasteiger partial charge in [-0.3, -0.25) is 0 Å². The molecule has 0 unspecified atom stereocenters. The van der Waals surface area contributed by atoms with Gasteiger partial charge < -0.3 is 20.5 Å². The number of carbonyl (C=O) groups excluding carboxylic acids is 1. The molecule has 1 aromatic rings. The fraction of sp³-hybridized carbons (Fsp3) is 0.571. The van der Waals surface area contributed by atoms with Crippen molar-refractivity contribution in [1.82, 2.24) is 4.98 Å². The van der Waals surface area contributed by atoms with Crippen LogP contribution < -0.4 is 11.1 Å². The van der Waals surface area contributed by atoms with E-state index in [9.17, 15) is 4.79 Å². The first kappa shape index (κ1) is 16.2. The number of ether oxygens (including phenoxy) is 2. The number of nitrogens with one attached hydrogen (secondary N) is 1. The van der Waals surface area contributed by atoms with Crippen molar-refractivity contribution in [1.29, 1.82) is 0 Å². The number of nitrogens with zero attached hydrogens (tertiary/aromatic N) is 1. The third-order valence-electron chi connectivity index (χ3n) is 2.59. The molecule has 0 spiro atoms. The van der Waals surface area contributed by atoms with Crippen LogP contribution in [-0.4, -0.2) is 37.3 Å². The lowest BCUT2D eigenvalue weighted by atomic mass is 10.2. The van der Waals surface area contributed by atoms with Crippen LogP contribution >= 0.6 is 0 Å². The van der Waals surface area contributed by atoms with Crippen LogP contribution in [0.1, 0.15) is 37.0 Å². The summed E-state index contributed by atoms with van der Waals surface area (Å²) in [6, 6.07) is 1.56. The average molecular weight is 281 g/mol. The molecule has 1 heterocycles. The highest BCUT2D eigenvalue weighted by molar-refractivity contribution is 5.97. The number of rotatable bonds is 9. The molecule has 0 fully saturated rings. The first-order valence-corrected chi connectivity index (χ1v) is 6.93. The molecule has 0 radical (unpaired) electrons. The topological polar surface area (TPSA) is 86.5 Å². The summed E-state index contributed by atoms with van der Waals surface area (Å²) in [6.45, 7) is 6.30. The fourth-order valence-electron chi connectivity index (χ4n) is 1.63. The normalized spacial score (nSPS) is 10.3. The summed E-state index contributed by atoms with van der Waals surface area (Å²) in [7, 11) is 0. The zero-order chi connectivity index (χ0) is 14.8. The Labute approximate surface area is 119 Å². The summed E-state index contributed by atoms with van der Waals surface area (Å²) in [6.07, 6.45) is 3.41. The summed E-state index contributed by atoms with van der Waals surface area (Å²) in [5.41, 5.74) is 6.58. The highest BCUT2D eigenvalue weighted by Crippen LogP contribution is 2.20. The van der Waals surface area contributed by atoms with Gasteiger partial charge in [-0.25, -0.2) is 9.78 Å². The van der Waals surface area contributed by atoms with Gasteiger partial charge in [-0.15, -0.1) is 0 Å². The van der Waals surface area contributed by atoms with Crippen LogP contribution in [0.2, 0.25) is 0 Å². The zero-order valence-corrected chi connectivity index (χ0v) is 12.1. The van der Waals surface area contributed by atoms with Gasteiger partial charge in [0.05, 0.1) is 17.9 Å². The minimum atomic E-state index is -0.429. The molecule has 0 saturated carbocycles. The molecule has 3 N–H and O–H groups in total. The molecule has 112 valence electrons. The minimum Gasteiger partial charge on any atom is -0.462 e. The van der Waals surface area contributed by atoms with Crippen LogP contribution in [0.3, 0.4) is 0 Å². The number of anilines is 2. The van der Waals surface area contributed by atoms with Crippen molar-refractivity contribution < 1.29 is 14.3 Å². The zero-order valence-electron chi connectivity index (χ0n) is 12.1. The van der Waals surface area contributed by atoms with E-state index in [0.29, 0.717) is 36.8 Å². The number of nitrogens with two attached hydrogens (primary N) is 1. The number of pyridine rings is 1. The van der Waals surface area contributed by atoms with Crippen molar-refractivity contribution in [2.75, 3.05) is 37.4 Å². The summed E-state index contributed by atoms with van der Waals surface area (Å²) < 4.78 is 10.3. The number of nitrogen functional groups attached to an aromatic ring is 1. The van der Waals surface area contributed by atoms with E-state index in [0.717, 1.165) is 19.4 Å². The van der Waals surface area contributed by atoms with Crippen LogP contribution in [-0.2, 0) is 9.47 Å². The molecule has 0 bridgehead atoms. The summed E-state index contributed by atoms with van der Waals surface area (Å²) in [4.78, 5) is 15.8. The number of hydrogen-bond donors (Lipinski definition) is 2. The molecular formula is C14H23N3O3. The summed E-state index contributed by atoms with van der Waals surface area (Å²) in [5, 5.41) is 3.10. The molecule has 1 aromatic heterocycles.